The molecule has 3 rings (SSSR count). The number of thioether (sulfide) groups is 1. The van der Waals surface area contributed by atoms with Gasteiger partial charge in [0.2, 0.25) is 5.91 Å². The highest BCUT2D eigenvalue weighted by atomic mass is 35.5. The number of hydrogen-bond donors (Lipinski definition) is 1. The molecule has 0 saturated heterocycles. The minimum absolute atomic E-state index is 0.0650. The molecule has 7 heteroatoms. The van der Waals surface area contributed by atoms with E-state index in [-0.39, 0.29) is 11.5 Å². The Hall–Kier alpha value is -2.31. The van der Waals surface area contributed by atoms with Crippen molar-refractivity contribution in [3.05, 3.63) is 63.4 Å². The highest BCUT2D eigenvalue weighted by Gasteiger charge is 2.20. The van der Waals surface area contributed by atoms with Gasteiger partial charge in [-0.05, 0) is 50.1 Å². The molecule has 0 spiro atoms. The molecule has 1 heterocycles. The number of carbonyl (C=O) groups is 1. The summed E-state index contributed by atoms with van der Waals surface area (Å²) in [6.45, 7) is 6.38. The molecule has 5 nitrogen and oxygen atoms in total. The first kappa shape index (κ1) is 21.4. The minimum Gasteiger partial charge on any atom is -0.325 e. The molecule has 3 aromatic rings. The molecule has 1 atom stereocenters. The fourth-order valence-electron chi connectivity index (χ4n) is 2.93. The van der Waals surface area contributed by atoms with E-state index in [9.17, 15) is 9.59 Å². The zero-order chi connectivity index (χ0) is 21.0. The maximum atomic E-state index is 13.0. The third kappa shape index (κ3) is 5.00. The van der Waals surface area contributed by atoms with Gasteiger partial charge in [0.05, 0.1) is 16.2 Å². The van der Waals surface area contributed by atoms with Crippen molar-refractivity contribution in [1.82, 2.24) is 9.55 Å². The van der Waals surface area contributed by atoms with E-state index in [0.29, 0.717) is 33.3 Å². The third-order valence-corrected chi connectivity index (χ3v) is 6.00. The zero-order valence-corrected chi connectivity index (χ0v) is 18.3. The summed E-state index contributed by atoms with van der Waals surface area (Å²) >= 11 is 7.34. The standard InChI is InChI=1S/C22H24ClN3O2S/c1-4-5-12-26-21(28)17-8-6-7-9-18(17)25-22(26)29-15(3)20(27)24-19-13-16(23)11-10-14(19)2/h6-11,13,15H,4-5,12H2,1-3H3,(H,24,27). The second-order valence-corrected chi connectivity index (χ2v) is 8.67. The van der Waals surface area contributed by atoms with E-state index < -0.39 is 5.25 Å². The molecule has 2 aromatic carbocycles. The van der Waals surface area contributed by atoms with Gasteiger partial charge in [0.25, 0.3) is 5.56 Å². The SMILES string of the molecule is CCCCn1c(SC(C)C(=O)Nc2cc(Cl)ccc2C)nc2ccccc2c1=O. The van der Waals surface area contributed by atoms with Crippen molar-refractivity contribution >= 4 is 45.9 Å². The number of hydrogen-bond acceptors (Lipinski definition) is 4. The Balaban J connectivity index is 1.88. The van der Waals surface area contributed by atoms with Gasteiger partial charge in [-0.25, -0.2) is 4.98 Å². The van der Waals surface area contributed by atoms with Crippen LogP contribution in [0, 0.1) is 6.92 Å². The normalized spacial score (nSPS) is 12.1. The fraction of sp³-hybridized carbons (Fsp3) is 0.318. The first-order chi connectivity index (χ1) is 13.9. The summed E-state index contributed by atoms with van der Waals surface area (Å²) in [6, 6.07) is 12.7. The number of halogens is 1. The quantitative estimate of drug-likeness (QED) is 0.410. The number of aryl methyl sites for hydroxylation is 1. The summed E-state index contributed by atoms with van der Waals surface area (Å²) in [7, 11) is 0. The van der Waals surface area contributed by atoms with E-state index in [1.165, 1.54) is 11.8 Å². The van der Waals surface area contributed by atoms with Crippen molar-refractivity contribution in [3.63, 3.8) is 0 Å². The second kappa shape index (κ2) is 9.46. The molecule has 29 heavy (non-hydrogen) atoms. The lowest BCUT2D eigenvalue weighted by atomic mass is 10.2. The molecule has 1 aromatic heterocycles. The monoisotopic (exact) mass is 429 g/mol. The summed E-state index contributed by atoms with van der Waals surface area (Å²) < 4.78 is 1.69. The molecule has 1 N–H and O–H groups in total. The van der Waals surface area contributed by atoms with Crippen LogP contribution in [0.3, 0.4) is 0 Å². The predicted octanol–water partition coefficient (Wildman–Crippen LogP) is 5.28. The van der Waals surface area contributed by atoms with Crippen molar-refractivity contribution in [2.24, 2.45) is 0 Å². The lowest BCUT2D eigenvalue weighted by molar-refractivity contribution is -0.115. The van der Waals surface area contributed by atoms with Crippen LogP contribution in [0.15, 0.2) is 52.4 Å². The molecular formula is C22H24ClN3O2S. The minimum atomic E-state index is -0.436. The van der Waals surface area contributed by atoms with Gasteiger partial charge in [0.1, 0.15) is 0 Å². The van der Waals surface area contributed by atoms with E-state index in [2.05, 4.69) is 17.2 Å². The van der Waals surface area contributed by atoms with Crippen LogP contribution < -0.4 is 10.9 Å². The van der Waals surface area contributed by atoms with E-state index in [0.717, 1.165) is 18.4 Å². The molecule has 0 saturated carbocycles. The number of amides is 1. The van der Waals surface area contributed by atoms with Crippen molar-refractivity contribution < 1.29 is 4.79 Å². The van der Waals surface area contributed by atoms with Crippen LogP contribution in [0.1, 0.15) is 32.3 Å². The van der Waals surface area contributed by atoms with Crippen LogP contribution in [0.4, 0.5) is 5.69 Å². The van der Waals surface area contributed by atoms with Crippen LogP contribution in [0.2, 0.25) is 5.02 Å². The van der Waals surface area contributed by atoms with Crippen molar-refractivity contribution in [2.75, 3.05) is 5.32 Å². The number of benzene rings is 2. The van der Waals surface area contributed by atoms with Crippen molar-refractivity contribution in [3.8, 4) is 0 Å². The lowest BCUT2D eigenvalue weighted by Crippen LogP contribution is -2.27. The van der Waals surface area contributed by atoms with Crippen LogP contribution in [-0.4, -0.2) is 20.7 Å². The first-order valence-corrected chi connectivity index (χ1v) is 10.9. The van der Waals surface area contributed by atoms with E-state index in [4.69, 9.17) is 11.6 Å². The number of nitrogens with one attached hydrogen (secondary N) is 1. The Morgan fingerprint density at radius 3 is 2.79 bits per heavy atom. The molecule has 152 valence electrons. The van der Waals surface area contributed by atoms with Gasteiger partial charge >= 0.3 is 0 Å². The van der Waals surface area contributed by atoms with Crippen LogP contribution in [-0.2, 0) is 11.3 Å². The Morgan fingerprint density at radius 2 is 2.03 bits per heavy atom. The largest absolute Gasteiger partial charge is 0.325 e. The molecular weight excluding hydrogens is 406 g/mol. The average Bonchev–Trinajstić information content (AvgIpc) is 2.70. The zero-order valence-electron chi connectivity index (χ0n) is 16.7. The highest BCUT2D eigenvalue weighted by Crippen LogP contribution is 2.25. The van der Waals surface area contributed by atoms with Gasteiger partial charge in [-0.15, -0.1) is 0 Å². The molecule has 0 bridgehead atoms. The first-order valence-electron chi connectivity index (χ1n) is 9.64. The highest BCUT2D eigenvalue weighted by molar-refractivity contribution is 8.00. The molecule has 1 amide bonds. The topological polar surface area (TPSA) is 64.0 Å². The van der Waals surface area contributed by atoms with Gasteiger partial charge < -0.3 is 5.32 Å². The number of anilines is 1. The van der Waals surface area contributed by atoms with Crippen LogP contribution >= 0.6 is 23.4 Å². The molecule has 0 fully saturated rings. The van der Waals surface area contributed by atoms with Crippen molar-refractivity contribution in [2.45, 2.75) is 50.6 Å². The van der Waals surface area contributed by atoms with Crippen molar-refractivity contribution in [1.29, 1.82) is 0 Å². The summed E-state index contributed by atoms with van der Waals surface area (Å²) in [6.07, 6.45) is 1.84. The van der Waals surface area contributed by atoms with Gasteiger partial charge in [-0.2, -0.15) is 0 Å². The predicted molar refractivity (Wildman–Crippen MR) is 121 cm³/mol. The van der Waals surface area contributed by atoms with Gasteiger partial charge in [-0.1, -0.05) is 54.9 Å². The average molecular weight is 430 g/mol. The fourth-order valence-corrected chi connectivity index (χ4v) is 4.03. The van der Waals surface area contributed by atoms with E-state index in [1.54, 1.807) is 22.8 Å². The van der Waals surface area contributed by atoms with Gasteiger partial charge in [0, 0.05) is 17.3 Å². The van der Waals surface area contributed by atoms with Crippen LogP contribution in [0.5, 0.6) is 0 Å². The number of unbranched alkanes of at least 4 members (excludes halogenated alkanes) is 1. The second-order valence-electron chi connectivity index (χ2n) is 6.93. The summed E-state index contributed by atoms with van der Waals surface area (Å²) in [4.78, 5) is 30.4. The number of fused-ring (bicyclic) bond motifs is 1. The van der Waals surface area contributed by atoms with E-state index >= 15 is 0 Å². The Kier molecular flexibility index (Phi) is 6.98. The summed E-state index contributed by atoms with van der Waals surface area (Å²) in [5.41, 5.74) is 2.20. The number of para-hydroxylation sites is 1. The van der Waals surface area contributed by atoms with Gasteiger partial charge in [0.15, 0.2) is 5.16 Å². The molecule has 0 aliphatic heterocycles. The smallest absolute Gasteiger partial charge is 0.262 e. The molecule has 0 aliphatic rings. The lowest BCUT2D eigenvalue weighted by Gasteiger charge is -2.17. The Bertz CT molecular complexity index is 1100. The van der Waals surface area contributed by atoms with Crippen LogP contribution in [0.25, 0.3) is 10.9 Å². The Labute approximate surface area is 179 Å². The number of aromatic nitrogens is 2. The number of rotatable bonds is 7. The molecule has 0 aliphatic carbocycles. The molecule has 0 radical (unpaired) electrons. The number of nitrogens with zero attached hydrogens (tertiary/aromatic N) is 2. The Morgan fingerprint density at radius 1 is 1.28 bits per heavy atom. The van der Waals surface area contributed by atoms with Gasteiger partial charge in [-0.3, -0.25) is 14.2 Å². The summed E-state index contributed by atoms with van der Waals surface area (Å²) in [5, 5.41) is 4.22. The third-order valence-electron chi connectivity index (χ3n) is 4.67. The maximum Gasteiger partial charge on any atom is 0.262 e. The van der Waals surface area contributed by atoms with E-state index in [1.807, 2.05) is 38.1 Å². The summed E-state index contributed by atoms with van der Waals surface area (Å²) in [5.74, 6) is -0.162. The number of carbonyl (C=O) groups excluding carboxylic acids is 1. The maximum absolute atomic E-state index is 13.0. The molecule has 1 unspecified atom stereocenters.